The fraction of sp³-hybridized carbons (Fsp3) is 0.500. The molecule has 11 nitrogen and oxygen atoms in total. The largest absolute Gasteiger partial charge is 0.463 e. The standard InChI is InChI=1S/C20H24Cl2N2O9/c1-8(25)24-16-19(31-11(4)28)18(30-10(3)27)15(7-29-9(2)26)32-20(16)33-17-13(21)5-12(23)6-14(17)22/h5-6,15-16,18-20H,7,23H2,1-4H3,(H,24,25)/t15-,16-,18-,19-,20+/m1/s1. The van der Waals surface area contributed by atoms with Crippen LogP contribution in [0, 0.1) is 0 Å². The van der Waals surface area contributed by atoms with Crippen LogP contribution in [-0.2, 0) is 38.1 Å². The summed E-state index contributed by atoms with van der Waals surface area (Å²) in [5.41, 5.74) is 6.00. The molecule has 1 amide bonds. The van der Waals surface area contributed by atoms with E-state index in [1.807, 2.05) is 0 Å². The van der Waals surface area contributed by atoms with Gasteiger partial charge in [0.15, 0.2) is 18.0 Å². The molecular formula is C20H24Cl2N2O9. The summed E-state index contributed by atoms with van der Waals surface area (Å²) in [7, 11) is 0. The van der Waals surface area contributed by atoms with E-state index in [2.05, 4.69) is 5.32 Å². The van der Waals surface area contributed by atoms with E-state index in [1.54, 1.807) is 0 Å². The number of nitrogens with two attached hydrogens (primary N) is 1. The minimum Gasteiger partial charge on any atom is -0.463 e. The number of hydrogen-bond donors (Lipinski definition) is 2. The predicted molar refractivity (Wildman–Crippen MR) is 116 cm³/mol. The summed E-state index contributed by atoms with van der Waals surface area (Å²) in [6, 6.07) is 1.61. The normalized spacial score (nSPS) is 24.4. The Morgan fingerprint density at radius 2 is 1.52 bits per heavy atom. The lowest BCUT2D eigenvalue weighted by molar-refractivity contribution is -0.257. The molecule has 1 aromatic carbocycles. The highest BCUT2D eigenvalue weighted by Crippen LogP contribution is 2.38. The second-order valence-corrected chi connectivity index (χ2v) is 7.97. The number of benzene rings is 1. The Kier molecular flexibility index (Phi) is 9.15. The van der Waals surface area contributed by atoms with Gasteiger partial charge in [0.25, 0.3) is 0 Å². The molecule has 0 saturated carbocycles. The average Bonchev–Trinajstić information content (AvgIpc) is 2.66. The zero-order chi connectivity index (χ0) is 24.9. The molecule has 0 radical (unpaired) electrons. The molecule has 182 valence electrons. The molecule has 0 aliphatic carbocycles. The summed E-state index contributed by atoms with van der Waals surface area (Å²) < 4.78 is 27.5. The van der Waals surface area contributed by atoms with Gasteiger partial charge in [-0.2, -0.15) is 0 Å². The first-order valence-electron chi connectivity index (χ1n) is 9.70. The summed E-state index contributed by atoms with van der Waals surface area (Å²) in [5.74, 6) is -2.63. The van der Waals surface area contributed by atoms with E-state index in [0.717, 1.165) is 13.8 Å². The van der Waals surface area contributed by atoms with Crippen LogP contribution in [0.2, 0.25) is 10.0 Å². The molecule has 0 aromatic heterocycles. The highest BCUT2D eigenvalue weighted by molar-refractivity contribution is 6.37. The van der Waals surface area contributed by atoms with Crippen LogP contribution in [0.5, 0.6) is 5.75 Å². The molecule has 1 aliphatic heterocycles. The lowest BCUT2D eigenvalue weighted by atomic mass is 9.96. The molecule has 0 bridgehead atoms. The van der Waals surface area contributed by atoms with E-state index in [9.17, 15) is 19.2 Å². The molecule has 3 N–H and O–H groups in total. The minimum atomic E-state index is -1.36. The van der Waals surface area contributed by atoms with Crippen LogP contribution in [0.1, 0.15) is 27.7 Å². The van der Waals surface area contributed by atoms with Gasteiger partial charge in [0, 0.05) is 33.4 Å². The Morgan fingerprint density at radius 1 is 0.970 bits per heavy atom. The van der Waals surface area contributed by atoms with Crippen LogP contribution in [0.3, 0.4) is 0 Å². The van der Waals surface area contributed by atoms with Crippen molar-refractivity contribution in [1.82, 2.24) is 5.32 Å². The van der Waals surface area contributed by atoms with Gasteiger partial charge in [-0.05, 0) is 12.1 Å². The van der Waals surface area contributed by atoms with Crippen molar-refractivity contribution in [3.05, 3.63) is 22.2 Å². The SMILES string of the molecule is CC(=O)N[C@H]1[C@H](Oc2c(Cl)cc(N)cc2Cl)O[C@H](COC(C)=O)[C@@H](OC(C)=O)[C@@H]1OC(C)=O. The molecule has 1 aliphatic rings. The summed E-state index contributed by atoms with van der Waals surface area (Å²) in [6.45, 7) is 4.29. The number of esters is 3. The fourth-order valence-corrected chi connectivity index (χ4v) is 3.79. The van der Waals surface area contributed by atoms with E-state index < -0.39 is 54.5 Å². The third-order valence-electron chi connectivity index (χ3n) is 4.33. The zero-order valence-electron chi connectivity index (χ0n) is 18.3. The molecule has 5 atom stereocenters. The zero-order valence-corrected chi connectivity index (χ0v) is 19.8. The van der Waals surface area contributed by atoms with Crippen LogP contribution in [0.4, 0.5) is 5.69 Å². The third kappa shape index (κ3) is 7.37. The van der Waals surface area contributed by atoms with Gasteiger partial charge in [-0.1, -0.05) is 23.2 Å². The fourth-order valence-electron chi connectivity index (χ4n) is 3.20. The maximum atomic E-state index is 11.9. The molecule has 1 saturated heterocycles. The minimum absolute atomic E-state index is 0.0216. The number of hydrogen-bond acceptors (Lipinski definition) is 10. The summed E-state index contributed by atoms with van der Waals surface area (Å²) >= 11 is 12.4. The van der Waals surface area contributed by atoms with Crippen LogP contribution >= 0.6 is 23.2 Å². The number of nitrogens with one attached hydrogen (secondary N) is 1. The van der Waals surface area contributed by atoms with E-state index in [-0.39, 0.29) is 28.1 Å². The Morgan fingerprint density at radius 3 is 2.00 bits per heavy atom. The first-order valence-corrected chi connectivity index (χ1v) is 10.5. The first kappa shape index (κ1) is 26.5. The molecule has 0 spiro atoms. The van der Waals surface area contributed by atoms with Crippen molar-refractivity contribution in [1.29, 1.82) is 0 Å². The number of carbonyl (C=O) groups excluding carboxylic acids is 4. The lowest BCUT2D eigenvalue weighted by Crippen LogP contribution is -2.67. The topological polar surface area (TPSA) is 152 Å². The van der Waals surface area contributed by atoms with Crippen molar-refractivity contribution in [2.45, 2.75) is 58.3 Å². The van der Waals surface area contributed by atoms with E-state index in [1.165, 1.54) is 26.0 Å². The Bertz CT molecular complexity index is 904. The lowest BCUT2D eigenvalue weighted by Gasteiger charge is -2.44. The molecule has 1 fully saturated rings. The number of carbonyl (C=O) groups is 4. The molecule has 1 aromatic rings. The number of amides is 1. The van der Waals surface area contributed by atoms with E-state index in [4.69, 9.17) is 52.6 Å². The van der Waals surface area contributed by atoms with Crippen LogP contribution in [0.25, 0.3) is 0 Å². The number of halogens is 2. The van der Waals surface area contributed by atoms with Gasteiger partial charge in [-0.3, -0.25) is 19.2 Å². The van der Waals surface area contributed by atoms with Gasteiger partial charge in [0.1, 0.15) is 18.8 Å². The average molecular weight is 507 g/mol. The van der Waals surface area contributed by atoms with Gasteiger partial charge in [0.05, 0.1) is 10.0 Å². The van der Waals surface area contributed by atoms with Gasteiger partial charge in [-0.25, -0.2) is 0 Å². The van der Waals surface area contributed by atoms with Crippen molar-refractivity contribution in [2.75, 3.05) is 12.3 Å². The summed E-state index contributed by atoms with van der Waals surface area (Å²) in [5, 5.41) is 2.67. The second-order valence-electron chi connectivity index (χ2n) is 7.15. The number of nitrogen functional groups attached to an aromatic ring is 1. The van der Waals surface area contributed by atoms with Crippen LogP contribution < -0.4 is 15.8 Å². The van der Waals surface area contributed by atoms with Gasteiger partial charge >= 0.3 is 17.9 Å². The van der Waals surface area contributed by atoms with Gasteiger partial charge in [-0.15, -0.1) is 0 Å². The van der Waals surface area contributed by atoms with Crippen molar-refractivity contribution in [3.8, 4) is 5.75 Å². The second kappa shape index (κ2) is 11.4. The van der Waals surface area contributed by atoms with Gasteiger partial charge < -0.3 is 34.7 Å². The number of ether oxygens (including phenoxy) is 5. The third-order valence-corrected chi connectivity index (χ3v) is 4.89. The molecule has 2 rings (SSSR count). The van der Waals surface area contributed by atoms with Crippen molar-refractivity contribution < 1.29 is 42.9 Å². The Balaban J connectivity index is 2.52. The van der Waals surface area contributed by atoms with Crippen LogP contribution in [0.15, 0.2) is 12.1 Å². The molecule has 0 unspecified atom stereocenters. The highest BCUT2D eigenvalue weighted by Gasteiger charge is 2.52. The first-order chi connectivity index (χ1) is 15.4. The molecule has 13 heteroatoms. The maximum absolute atomic E-state index is 11.9. The summed E-state index contributed by atoms with van der Waals surface area (Å²) in [4.78, 5) is 46.9. The molecule has 33 heavy (non-hydrogen) atoms. The van der Waals surface area contributed by atoms with Crippen molar-refractivity contribution in [2.24, 2.45) is 0 Å². The van der Waals surface area contributed by atoms with E-state index >= 15 is 0 Å². The van der Waals surface area contributed by atoms with E-state index in [0.29, 0.717) is 0 Å². The number of rotatable bonds is 7. The Labute approximate surface area is 199 Å². The quantitative estimate of drug-likeness (QED) is 0.316. The Hall–Kier alpha value is -2.76. The summed E-state index contributed by atoms with van der Waals surface area (Å²) in [6.07, 6.45) is -5.02. The molecular weight excluding hydrogens is 483 g/mol. The smallest absolute Gasteiger partial charge is 0.303 e. The van der Waals surface area contributed by atoms with Crippen LogP contribution in [-0.4, -0.2) is 61.1 Å². The predicted octanol–water partition coefficient (Wildman–Crippen LogP) is 1.61. The van der Waals surface area contributed by atoms with Gasteiger partial charge in [0.2, 0.25) is 12.2 Å². The molecule has 1 heterocycles. The highest BCUT2D eigenvalue weighted by atomic mass is 35.5. The number of anilines is 1. The monoisotopic (exact) mass is 506 g/mol. The maximum Gasteiger partial charge on any atom is 0.303 e. The van der Waals surface area contributed by atoms with Crippen molar-refractivity contribution in [3.63, 3.8) is 0 Å². The van der Waals surface area contributed by atoms with Crippen molar-refractivity contribution >= 4 is 52.7 Å².